The van der Waals surface area contributed by atoms with Crippen molar-refractivity contribution in [3.8, 4) is 0 Å². The molecular formula is C21H23NO. The monoisotopic (exact) mass is 305 g/mol. The summed E-state index contributed by atoms with van der Waals surface area (Å²) in [4.78, 5) is 0. The van der Waals surface area contributed by atoms with Crippen molar-refractivity contribution in [1.82, 2.24) is 0 Å². The Balaban J connectivity index is 1.79. The largest absolute Gasteiger partial charge is 0.619 e. The Hall–Kier alpha value is -1.83. The summed E-state index contributed by atoms with van der Waals surface area (Å²) in [5, 5.41) is 11.4. The lowest BCUT2D eigenvalue weighted by Crippen LogP contribution is -2.29. The molecule has 2 saturated carbocycles. The van der Waals surface area contributed by atoms with E-state index in [1.54, 1.807) is 18.3 Å². The number of hydrogen-bond donors (Lipinski definition) is 0. The highest BCUT2D eigenvalue weighted by molar-refractivity contribution is 5.51. The van der Waals surface area contributed by atoms with Gasteiger partial charge < -0.3 is 5.21 Å². The van der Waals surface area contributed by atoms with E-state index in [9.17, 15) is 5.21 Å². The van der Waals surface area contributed by atoms with Gasteiger partial charge in [0, 0.05) is 24.0 Å². The first-order valence-electron chi connectivity index (χ1n) is 8.58. The van der Waals surface area contributed by atoms with Crippen LogP contribution in [0.2, 0.25) is 0 Å². The lowest BCUT2D eigenvalue weighted by Gasteiger charge is -2.35. The van der Waals surface area contributed by atoms with Gasteiger partial charge >= 0.3 is 0 Å². The van der Waals surface area contributed by atoms with Gasteiger partial charge in [-0.2, -0.15) is 4.73 Å². The third kappa shape index (κ3) is 2.27. The maximum Gasteiger partial charge on any atom is 0.180 e. The van der Waals surface area contributed by atoms with Crippen LogP contribution in [0.25, 0.3) is 0 Å². The van der Waals surface area contributed by atoms with Gasteiger partial charge in [-0.15, -0.1) is 0 Å². The minimum absolute atomic E-state index is 0.0478. The van der Waals surface area contributed by atoms with Crippen LogP contribution in [-0.4, -0.2) is 0 Å². The molecule has 0 saturated heterocycles. The third-order valence-corrected chi connectivity index (χ3v) is 5.80. The van der Waals surface area contributed by atoms with E-state index in [0.29, 0.717) is 11.8 Å². The zero-order chi connectivity index (χ0) is 16.0. The van der Waals surface area contributed by atoms with Gasteiger partial charge in [-0.05, 0) is 41.2 Å². The van der Waals surface area contributed by atoms with Crippen molar-refractivity contribution in [2.75, 3.05) is 0 Å². The molecule has 1 heterocycles. The second-order valence-corrected chi connectivity index (χ2v) is 7.41. The fourth-order valence-corrected chi connectivity index (χ4v) is 5.08. The fraction of sp³-hybridized carbons (Fsp3) is 0.381. The molecule has 2 aliphatic rings. The van der Waals surface area contributed by atoms with Crippen LogP contribution in [0.15, 0.2) is 54.9 Å². The van der Waals surface area contributed by atoms with E-state index in [1.807, 2.05) is 12.1 Å². The number of rotatable bonds is 2. The van der Waals surface area contributed by atoms with E-state index in [2.05, 4.69) is 44.2 Å². The molecule has 2 aromatic rings. The molecule has 2 atom stereocenters. The molecule has 0 spiro atoms. The molecule has 118 valence electrons. The first-order valence-corrected chi connectivity index (χ1v) is 8.58. The molecule has 1 aromatic carbocycles. The number of pyridine rings is 1. The van der Waals surface area contributed by atoms with Crippen molar-refractivity contribution in [3.63, 3.8) is 0 Å². The van der Waals surface area contributed by atoms with E-state index < -0.39 is 0 Å². The molecule has 0 N–H and O–H groups in total. The van der Waals surface area contributed by atoms with Gasteiger partial charge in [-0.25, -0.2) is 0 Å². The molecular weight excluding hydrogens is 282 g/mol. The lowest BCUT2D eigenvalue weighted by atomic mass is 9.68. The van der Waals surface area contributed by atoms with Crippen LogP contribution in [0.5, 0.6) is 0 Å². The highest BCUT2D eigenvalue weighted by Gasteiger charge is 2.58. The highest BCUT2D eigenvalue weighted by Crippen LogP contribution is 2.65. The zero-order valence-corrected chi connectivity index (χ0v) is 13.8. The molecule has 2 aliphatic carbocycles. The number of fused-ring (bicyclic) bond motifs is 1. The van der Waals surface area contributed by atoms with E-state index in [0.717, 1.165) is 4.73 Å². The molecule has 23 heavy (non-hydrogen) atoms. The van der Waals surface area contributed by atoms with Crippen LogP contribution in [-0.2, 0) is 0 Å². The van der Waals surface area contributed by atoms with Gasteiger partial charge in [-0.3, -0.25) is 0 Å². The number of aromatic nitrogens is 1. The summed E-state index contributed by atoms with van der Waals surface area (Å²) in [6.07, 6.45) is 7.12. The Labute approximate surface area is 138 Å². The predicted octanol–water partition coefficient (Wildman–Crippen LogP) is 4.32. The summed E-state index contributed by atoms with van der Waals surface area (Å²) < 4.78 is 0.875. The Morgan fingerprint density at radius 3 is 1.96 bits per heavy atom. The van der Waals surface area contributed by atoms with Gasteiger partial charge in [0.05, 0.1) is 0 Å². The van der Waals surface area contributed by atoms with Crippen LogP contribution in [0.4, 0.5) is 0 Å². The normalized spacial score (nSPS) is 27.2. The Kier molecular flexibility index (Phi) is 3.44. The topological polar surface area (TPSA) is 26.9 Å². The van der Waals surface area contributed by atoms with Crippen molar-refractivity contribution < 1.29 is 4.73 Å². The Morgan fingerprint density at radius 1 is 0.870 bits per heavy atom. The van der Waals surface area contributed by atoms with Crippen molar-refractivity contribution in [3.05, 3.63) is 83.0 Å². The van der Waals surface area contributed by atoms with E-state index in [-0.39, 0.29) is 5.41 Å². The molecule has 0 amide bonds. The average molecular weight is 305 g/mol. The summed E-state index contributed by atoms with van der Waals surface area (Å²) in [6, 6.07) is 14.9. The molecule has 2 nitrogen and oxygen atoms in total. The van der Waals surface area contributed by atoms with Crippen LogP contribution in [0.1, 0.15) is 44.2 Å². The molecule has 2 radical (unpaired) electrons. The molecule has 4 rings (SSSR count). The van der Waals surface area contributed by atoms with Crippen LogP contribution in [0, 0.1) is 34.3 Å². The van der Waals surface area contributed by atoms with Gasteiger partial charge in [0.25, 0.3) is 0 Å². The van der Waals surface area contributed by atoms with E-state index in [4.69, 9.17) is 0 Å². The maximum atomic E-state index is 11.4. The second-order valence-electron chi connectivity index (χ2n) is 7.41. The summed E-state index contributed by atoms with van der Waals surface area (Å²) in [5.41, 5.74) is 2.68. The first kappa shape index (κ1) is 14.7. The first-order chi connectivity index (χ1) is 11.1. The van der Waals surface area contributed by atoms with Crippen LogP contribution >= 0.6 is 0 Å². The summed E-state index contributed by atoms with van der Waals surface area (Å²) in [5.74, 6) is 4.40. The van der Waals surface area contributed by atoms with Crippen LogP contribution < -0.4 is 4.73 Å². The van der Waals surface area contributed by atoms with Crippen molar-refractivity contribution >= 4 is 0 Å². The van der Waals surface area contributed by atoms with Gasteiger partial charge in [0.1, 0.15) is 0 Å². The molecule has 2 heteroatoms. The quantitative estimate of drug-likeness (QED) is 0.599. The number of nitrogens with zero attached hydrogens (tertiary/aromatic N) is 1. The fourth-order valence-electron chi connectivity index (χ4n) is 5.08. The van der Waals surface area contributed by atoms with E-state index >= 15 is 0 Å². The van der Waals surface area contributed by atoms with Gasteiger partial charge in [0.2, 0.25) is 0 Å². The van der Waals surface area contributed by atoms with Crippen molar-refractivity contribution in [2.45, 2.75) is 33.1 Å². The standard InChI is InChI=1S/C21H23NO/c1-21(2)19(15-7-4-3-5-8-15)17-9-6-10-18(17)20(21)16-11-13-22(23)14-12-16/h3-5,7-8,11-14,17-18H,6,9-10H2,1-2H3. The molecule has 2 unspecified atom stereocenters. The summed E-state index contributed by atoms with van der Waals surface area (Å²) >= 11 is 0. The SMILES string of the molecule is CC1(C)[C](c2ccccc2)C2CCCC2[C]1c1cc[n+]([O-])cc1. The summed E-state index contributed by atoms with van der Waals surface area (Å²) in [7, 11) is 0. The third-order valence-electron chi connectivity index (χ3n) is 5.80. The zero-order valence-electron chi connectivity index (χ0n) is 13.8. The number of benzene rings is 1. The smallest absolute Gasteiger partial charge is 0.180 e. The Morgan fingerprint density at radius 2 is 1.39 bits per heavy atom. The predicted molar refractivity (Wildman–Crippen MR) is 91.1 cm³/mol. The molecule has 1 aromatic heterocycles. The van der Waals surface area contributed by atoms with Crippen LogP contribution in [0.3, 0.4) is 0 Å². The second kappa shape index (κ2) is 5.36. The molecule has 2 fully saturated rings. The van der Waals surface area contributed by atoms with Crippen molar-refractivity contribution in [2.24, 2.45) is 17.3 Å². The van der Waals surface area contributed by atoms with Gasteiger partial charge in [-0.1, -0.05) is 50.6 Å². The average Bonchev–Trinajstić information content (AvgIpc) is 3.06. The lowest BCUT2D eigenvalue weighted by molar-refractivity contribution is -0.605. The molecule has 0 aliphatic heterocycles. The van der Waals surface area contributed by atoms with E-state index in [1.165, 1.54) is 36.3 Å². The van der Waals surface area contributed by atoms with Gasteiger partial charge in [0.15, 0.2) is 12.4 Å². The summed E-state index contributed by atoms with van der Waals surface area (Å²) in [6.45, 7) is 4.72. The van der Waals surface area contributed by atoms with Crippen molar-refractivity contribution in [1.29, 1.82) is 0 Å². The maximum absolute atomic E-state index is 11.4. The minimum atomic E-state index is 0.0478. The minimum Gasteiger partial charge on any atom is -0.619 e. The molecule has 0 bridgehead atoms. The highest BCUT2D eigenvalue weighted by atomic mass is 16.5. The number of hydrogen-bond acceptors (Lipinski definition) is 1. The Bertz CT molecular complexity index is 677.